The number of nitrogens with zero attached hydrogens (tertiary/aromatic N) is 6. The van der Waals surface area contributed by atoms with Gasteiger partial charge in [0.25, 0.3) is 0 Å². The predicted molar refractivity (Wildman–Crippen MR) is 285 cm³/mol. The van der Waals surface area contributed by atoms with E-state index in [4.69, 9.17) is 4.98 Å². The first-order chi connectivity index (χ1) is 33.7. The van der Waals surface area contributed by atoms with Gasteiger partial charge in [-0.15, -0.1) is 22.7 Å². The molecule has 8 heteroatoms. The van der Waals surface area contributed by atoms with Gasteiger partial charge < -0.3 is 9.13 Å². The average molecular weight is 899 g/mol. The van der Waals surface area contributed by atoms with Crippen molar-refractivity contribution in [2.45, 2.75) is 0 Å². The summed E-state index contributed by atoms with van der Waals surface area (Å²) in [5.41, 5.74) is 10.2. The molecule has 312 valence electrons. The summed E-state index contributed by atoms with van der Waals surface area (Å²) in [6.45, 7) is 9.36. The Morgan fingerprint density at radius 1 is 0.485 bits per heavy atom. The molecule has 0 saturated heterocycles. The third kappa shape index (κ3) is 4.77. The molecule has 5 aromatic heterocycles. The van der Waals surface area contributed by atoms with Crippen LogP contribution in [0.4, 0.5) is 5.69 Å². The first-order valence-electron chi connectivity index (χ1n) is 22.4. The molecule has 0 aliphatic heterocycles. The van der Waals surface area contributed by atoms with E-state index >= 15 is 0 Å². The molecule has 0 aliphatic rings. The fourth-order valence-corrected chi connectivity index (χ4v) is 13.8. The quantitative estimate of drug-likeness (QED) is 0.131. The van der Waals surface area contributed by atoms with Crippen LogP contribution < -0.4 is 0 Å². The lowest BCUT2D eigenvalue weighted by molar-refractivity contribution is 1.14. The average Bonchev–Trinajstić information content (AvgIpc) is 4.16. The fraction of sp³-hybridized carbons (Fsp3) is 0. The summed E-state index contributed by atoms with van der Waals surface area (Å²) in [6.07, 6.45) is 3.53. The molecule has 10 aromatic carbocycles. The first-order valence-corrected chi connectivity index (χ1v) is 24.0. The minimum atomic E-state index is 0.403. The van der Waals surface area contributed by atoms with Gasteiger partial charge in [-0.05, 0) is 46.8 Å². The third-order valence-electron chi connectivity index (χ3n) is 14.1. The van der Waals surface area contributed by atoms with Crippen LogP contribution in [0.5, 0.6) is 0 Å². The number of rotatable bonds is 4. The Balaban J connectivity index is 1.27. The molecule has 5 heterocycles. The van der Waals surface area contributed by atoms with E-state index in [9.17, 15) is 11.8 Å². The maximum atomic E-state index is 12.1. The minimum Gasteiger partial charge on any atom is -0.318 e. The van der Waals surface area contributed by atoms with E-state index in [2.05, 4.69) is 158 Å². The molecule has 68 heavy (non-hydrogen) atoms. The lowest BCUT2D eigenvalue weighted by atomic mass is 9.88. The molecule has 0 atom stereocenters. The van der Waals surface area contributed by atoms with E-state index in [1.807, 2.05) is 42.6 Å². The summed E-state index contributed by atoms with van der Waals surface area (Å²) in [5.74, 6) is 0. The summed E-state index contributed by atoms with van der Waals surface area (Å²) in [7, 11) is 0. The highest BCUT2D eigenvalue weighted by Crippen LogP contribution is 2.55. The number of aromatic nitrogens is 4. The van der Waals surface area contributed by atoms with Crippen molar-refractivity contribution in [3.05, 3.63) is 199 Å². The van der Waals surface area contributed by atoms with Gasteiger partial charge in [0.05, 0.1) is 55.8 Å². The van der Waals surface area contributed by atoms with Gasteiger partial charge in [0.15, 0.2) is 0 Å². The molecular weight excluding hydrogens is 869 g/mol. The number of hydrogen-bond acceptors (Lipinski definition) is 5. The second-order valence-corrected chi connectivity index (χ2v) is 19.5. The number of hydrogen-bond donors (Lipinski definition) is 0. The van der Waals surface area contributed by atoms with Crippen LogP contribution in [-0.2, 0) is 0 Å². The van der Waals surface area contributed by atoms with Gasteiger partial charge in [0, 0.05) is 85.3 Å². The summed E-state index contributed by atoms with van der Waals surface area (Å²) < 4.78 is 9.45. The van der Waals surface area contributed by atoms with Gasteiger partial charge in [0.2, 0.25) is 5.69 Å². The van der Waals surface area contributed by atoms with Crippen LogP contribution in [0.2, 0.25) is 0 Å². The van der Waals surface area contributed by atoms with Crippen molar-refractivity contribution < 1.29 is 0 Å². The molecule has 0 unspecified atom stereocenters. The van der Waals surface area contributed by atoms with Crippen LogP contribution in [0.3, 0.4) is 0 Å². The highest BCUT2D eigenvalue weighted by molar-refractivity contribution is 7.27. The molecule has 15 rings (SSSR count). The highest BCUT2D eigenvalue weighted by atomic mass is 32.1. The maximum Gasteiger partial charge on any atom is 0.220 e. The second-order valence-electron chi connectivity index (χ2n) is 17.4. The molecule has 0 fully saturated rings. The van der Waals surface area contributed by atoms with Crippen molar-refractivity contribution in [2.75, 3.05) is 0 Å². The van der Waals surface area contributed by atoms with Crippen molar-refractivity contribution >= 4 is 134 Å². The molecule has 0 amide bonds. The first kappa shape index (κ1) is 37.3. The van der Waals surface area contributed by atoms with Gasteiger partial charge in [-0.2, -0.15) is 5.26 Å². The SMILES string of the molecule is [C-]#[N+]c1c(-c2ccccc2)c(C#N)c(-n2c3c(ccc4c5ccccc5sc43)c3ccc4sc5ccccc5c4c32)c(-c2ccccc2)c1-n1c2cccc3c4cncnc4c4cccc1c4c32. The molecule has 0 N–H and O–H groups in total. The minimum absolute atomic E-state index is 0.403. The van der Waals surface area contributed by atoms with Crippen LogP contribution in [0.25, 0.3) is 144 Å². The van der Waals surface area contributed by atoms with Crippen LogP contribution >= 0.6 is 22.7 Å². The monoisotopic (exact) mass is 898 g/mol. The van der Waals surface area contributed by atoms with E-state index < -0.39 is 0 Å². The topological polar surface area (TPSA) is 63.8 Å². The van der Waals surface area contributed by atoms with E-state index in [0.717, 1.165) is 103 Å². The lowest BCUT2D eigenvalue weighted by Gasteiger charge is -2.26. The number of benzene rings is 10. The van der Waals surface area contributed by atoms with Gasteiger partial charge in [0.1, 0.15) is 12.4 Å². The Bertz CT molecular complexity index is 4670. The van der Waals surface area contributed by atoms with Crippen LogP contribution in [-0.4, -0.2) is 19.1 Å². The highest BCUT2D eigenvalue weighted by Gasteiger charge is 2.33. The summed E-state index contributed by atoms with van der Waals surface area (Å²) in [5, 5.41) is 24.2. The summed E-state index contributed by atoms with van der Waals surface area (Å²) >= 11 is 3.59. The Hall–Kier alpha value is -8.92. The van der Waals surface area contributed by atoms with E-state index in [0.29, 0.717) is 22.5 Å². The van der Waals surface area contributed by atoms with Gasteiger partial charge >= 0.3 is 0 Å². The molecule has 0 aliphatic carbocycles. The summed E-state index contributed by atoms with van der Waals surface area (Å²) in [4.78, 5) is 13.9. The zero-order chi connectivity index (χ0) is 44.8. The second kappa shape index (κ2) is 13.8. The molecule has 15 aromatic rings. The maximum absolute atomic E-state index is 12.1. The van der Waals surface area contributed by atoms with E-state index in [1.165, 1.54) is 24.9 Å². The van der Waals surface area contributed by atoms with Crippen molar-refractivity contribution in [3.8, 4) is 39.7 Å². The Labute approximate surface area is 395 Å². The normalized spacial score (nSPS) is 12.1. The van der Waals surface area contributed by atoms with Gasteiger partial charge in [-0.25, -0.2) is 14.8 Å². The van der Waals surface area contributed by atoms with Gasteiger partial charge in [-0.3, -0.25) is 0 Å². The third-order valence-corrected chi connectivity index (χ3v) is 16.4. The van der Waals surface area contributed by atoms with Crippen LogP contribution in [0.1, 0.15) is 5.56 Å². The standard InChI is InChI=1S/C60H30N6S2/c1-62-55-49(33-14-4-2-5-15-33)42(30-61)57(50(34-16-6-3-7-17-34)59(55)65-44-22-12-20-36-43-31-63-32-64-54(43)41-21-13-23-45(65)52(41)51(36)44)66-56-37(28-29-48-53(56)40-19-9-11-25-47(40)67-48)38-26-27-39-35-18-8-10-24-46(35)68-60(39)58(38)66/h2-29,31-32H. The molecule has 0 spiro atoms. The molecule has 0 bridgehead atoms. The van der Waals surface area contributed by atoms with E-state index in [1.54, 1.807) is 29.0 Å². The van der Waals surface area contributed by atoms with Crippen molar-refractivity contribution in [1.82, 2.24) is 19.1 Å². The van der Waals surface area contributed by atoms with Crippen molar-refractivity contribution in [1.29, 1.82) is 5.26 Å². The van der Waals surface area contributed by atoms with Crippen LogP contribution in [0.15, 0.2) is 182 Å². The van der Waals surface area contributed by atoms with Crippen molar-refractivity contribution in [3.63, 3.8) is 0 Å². The Morgan fingerprint density at radius 3 is 1.85 bits per heavy atom. The molecular formula is C60H30N6S2. The van der Waals surface area contributed by atoms with Gasteiger partial charge in [-0.1, -0.05) is 140 Å². The molecule has 0 radical (unpaired) electrons. The smallest absolute Gasteiger partial charge is 0.220 e. The largest absolute Gasteiger partial charge is 0.318 e. The predicted octanol–water partition coefficient (Wildman–Crippen LogP) is 16.9. The number of nitriles is 1. The van der Waals surface area contributed by atoms with Crippen molar-refractivity contribution in [2.24, 2.45) is 0 Å². The number of fused-ring (bicyclic) bond motifs is 14. The van der Waals surface area contributed by atoms with Crippen LogP contribution in [0, 0.1) is 17.9 Å². The Kier molecular flexibility index (Phi) is 7.58. The number of thiophene rings is 2. The van der Waals surface area contributed by atoms with E-state index in [-0.39, 0.29) is 0 Å². The fourth-order valence-electron chi connectivity index (χ4n) is 11.4. The Morgan fingerprint density at radius 2 is 1.10 bits per heavy atom. The molecule has 0 saturated carbocycles. The zero-order valence-corrected chi connectivity index (χ0v) is 37.5. The lowest BCUT2D eigenvalue weighted by Crippen LogP contribution is -2.09. The zero-order valence-electron chi connectivity index (χ0n) is 35.8. The molecule has 6 nitrogen and oxygen atoms in total. The summed E-state index contributed by atoms with van der Waals surface area (Å²) in [6, 6.07) is 62.5.